The SMILES string of the molecule is COC(=O)CCN(Cc1ccccc1)C(=O)Cc1ccc(OC)c(S(=O)(=O)N2CCOCC2)c1. The molecule has 0 aromatic heterocycles. The molecule has 1 heterocycles. The molecule has 0 unspecified atom stereocenters. The van der Waals surface area contributed by atoms with E-state index in [0.717, 1.165) is 5.56 Å². The van der Waals surface area contributed by atoms with Crippen LogP contribution in [-0.2, 0) is 42.1 Å². The first-order valence-corrected chi connectivity index (χ1v) is 12.4. The number of benzene rings is 2. The minimum absolute atomic E-state index is 0.0198. The molecule has 1 aliphatic heterocycles. The van der Waals surface area contributed by atoms with Crippen LogP contribution in [0.3, 0.4) is 0 Å². The van der Waals surface area contributed by atoms with Crippen LogP contribution in [-0.4, -0.2) is 76.6 Å². The summed E-state index contributed by atoms with van der Waals surface area (Å²) >= 11 is 0. The van der Waals surface area contributed by atoms with Crippen LogP contribution in [0.5, 0.6) is 5.75 Å². The van der Waals surface area contributed by atoms with Crippen molar-refractivity contribution in [3.8, 4) is 5.75 Å². The Morgan fingerprint density at radius 2 is 1.74 bits per heavy atom. The fraction of sp³-hybridized carbons (Fsp3) is 0.417. The molecule has 0 aliphatic carbocycles. The molecule has 1 aliphatic rings. The van der Waals surface area contributed by atoms with Gasteiger partial charge < -0.3 is 19.1 Å². The van der Waals surface area contributed by atoms with Gasteiger partial charge in [0.1, 0.15) is 10.6 Å². The lowest BCUT2D eigenvalue weighted by atomic mass is 10.1. The molecule has 10 heteroatoms. The Kier molecular flexibility index (Phi) is 9.03. The third kappa shape index (κ3) is 6.55. The normalized spacial score (nSPS) is 14.4. The van der Waals surface area contributed by atoms with Gasteiger partial charge in [-0.25, -0.2) is 8.42 Å². The number of methoxy groups -OCH3 is 2. The number of rotatable bonds is 10. The summed E-state index contributed by atoms with van der Waals surface area (Å²) in [5, 5.41) is 0. The highest BCUT2D eigenvalue weighted by molar-refractivity contribution is 7.89. The Labute approximate surface area is 200 Å². The van der Waals surface area contributed by atoms with E-state index in [9.17, 15) is 18.0 Å². The van der Waals surface area contributed by atoms with Crippen LogP contribution in [0.1, 0.15) is 17.5 Å². The van der Waals surface area contributed by atoms with Crippen molar-refractivity contribution in [3.63, 3.8) is 0 Å². The molecule has 184 valence electrons. The van der Waals surface area contributed by atoms with Crippen molar-refractivity contribution in [2.24, 2.45) is 0 Å². The van der Waals surface area contributed by atoms with E-state index in [1.54, 1.807) is 17.0 Å². The summed E-state index contributed by atoms with van der Waals surface area (Å²) < 4.78 is 43.1. The number of amides is 1. The molecule has 2 aromatic rings. The quantitative estimate of drug-likeness (QED) is 0.469. The number of hydrogen-bond donors (Lipinski definition) is 0. The predicted octanol–water partition coefficient (Wildman–Crippen LogP) is 1.85. The van der Waals surface area contributed by atoms with Crippen LogP contribution in [0.4, 0.5) is 0 Å². The number of carbonyl (C=O) groups excluding carboxylic acids is 2. The molecule has 3 rings (SSSR count). The summed E-state index contributed by atoms with van der Waals surface area (Å²) in [4.78, 5) is 26.5. The molecule has 0 bridgehead atoms. The highest BCUT2D eigenvalue weighted by atomic mass is 32.2. The largest absolute Gasteiger partial charge is 0.495 e. The maximum Gasteiger partial charge on any atom is 0.307 e. The second-order valence-corrected chi connectivity index (χ2v) is 9.71. The van der Waals surface area contributed by atoms with Crippen LogP contribution in [0, 0.1) is 0 Å². The summed E-state index contributed by atoms with van der Waals surface area (Å²) in [6.07, 6.45) is 0.0397. The number of carbonyl (C=O) groups is 2. The fourth-order valence-corrected chi connectivity index (χ4v) is 5.28. The van der Waals surface area contributed by atoms with Gasteiger partial charge in [0.2, 0.25) is 15.9 Å². The first-order chi connectivity index (χ1) is 16.3. The van der Waals surface area contributed by atoms with Crippen molar-refractivity contribution in [1.82, 2.24) is 9.21 Å². The van der Waals surface area contributed by atoms with E-state index < -0.39 is 16.0 Å². The maximum atomic E-state index is 13.2. The van der Waals surface area contributed by atoms with Crippen LogP contribution in [0.2, 0.25) is 0 Å². The van der Waals surface area contributed by atoms with Crippen LogP contribution in [0.15, 0.2) is 53.4 Å². The van der Waals surface area contributed by atoms with Gasteiger partial charge in [0.15, 0.2) is 0 Å². The molecule has 0 saturated carbocycles. The average Bonchev–Trinajstić information content (AvgIpc) is 2.87. The summed E-state index contributed by atoms with van der Waals surface area (Å²) in [6, 6.07) is 14.2. The average molecular weight is 491 g/mol. The van der Waals surface area contributed by atoms with Gasteiger partial charge in [0, 0.05) is 26.2 Å². The highest BCUT2D eigenvalue weighted by Crippen LogP contribution is 2.29. The van der Waals surface area contributed by atoms with Crippen molar-refractivity contribution in [2.45, 2.75) is 24.3 Å². The van der Waals surface area contributed by atoms with Crippen molar-refractivity contribution in [2.75, 3.05) is 47.1 Å². The molecule has 0 spiro atoms. The predicted molar refractivity (Wildman–Crippen MR) is 125 cm³/mol. The van der Waals surface area contributed by atoms with Gasteiger partial charge in [-0.05, 0) is 23.3 Å². The molecule has 0 N–H and O–H groups in total. The van der Waals surface area contributed by atoms with Crippen molar-refractivity contribution >= 4 is 21.9 Å². The van der Waals surface area contributed by atoms with E-state index >= 15 is 0 Å². The molecule has 34 heavy (non-hydrogen) atoms. The summed E-state index contributed by atoms with van der Waals surface area (Å²) in [6.45, 7) is 1.68. The van der Waals surface area contributed by atoms with Gasteiger partial charge in [-0.1, -0.05) is 36.4 Å². The Morgan fingerprint density at radius 3 is 2.38 bits per heavy atom. The number of ether oxygens (including phenoxy) is 3. The van der Waals surface area contributed by atoms with Crippen molar-refractivity contribution in [1.29, 1.82) is 0 Å². The van der Waals surface area contributed by atoms with Gasteiger partial charge in [-0.3, -0.25) is 9.59 Å². The zero-order valence-electron chi connectivity index (χ0n) is 19.4. The van der Waals surface area contributed by atoms with E-state index in [0.29, 0.717) is 25.3 Å². The topological polar surface area (TPSA) is 102 Å². The van der Waals surface area contributed by atoms with Crippen molar-refractivity contribution < 1.29 is 32.2 Å². The molecule has 2 aromatic carbocycles. The van der Waals surface area contributed by atoms with E-state index in [2.05, 4.69) is 0 Å². The Morgan fingerprint density at radius 1 is 1.03 bits per heavy atom. The standard InChI is InChI=1S/C24H30N2O7S/c1-31-21-9-8-20(16-22(21)34(29,30)26-12-14-33-15-13-26)17-23(27)25(11-10-24(28)32-2)18-19-6-4-3-5-7-19/h3-9,16H,10-15,17-18H2,1-2H3. The first kappa shape index (κ1) is 25.7. The molecule has 0 atom stereocenters. The smallest absolute Gasteiger partial charge is 0.307 e. The van der Waals surface area contributed by atoms with Gasteiger partial charge >= 0.3 is 5.97 Å². The summed E-state index contributed by atoms with van der Waals surface area (Å²) in [7, 11) is -1.10. The molecular formula is C24H30N2O7S. The Balaban J connectivity index is 1.82. The molecule has 1 fully saturated rings. The van der Waals surface area contributed by atoms with Crippen LogP contribution >= 0.6 is 0 Å². The van der Waals surface area contributed by atoms with Gasteiger partial charge in [0.05, 0.1) is 40.3 Å². The van der Waals surface area contributed by atoms with E-state index in [1.807, 2.05) is 30.3 Å². The van der Waals surface area contributed by atoms with Crippen LogP contribution in [0.25, 0.3) is 0 Å². The lowest BCUT2D eigenvalue weighted by Gasteiger charge is -2.27. The first-order valence-electron chi connectivity index (χ1n) is 11.0. The van der Waals surface area contributed by atoms with E-state index in [4.69, 9.17) is 14.2 Å². The maximum absolute atomic E-state index is 13.2. The second kappa shape index (κ2) is 12.0. The highest BCUT2D eigenvalue weighted by Gasteiger charge is 2.30. The lowest BCUT2D eigenvalue weighted by Crippen LogP contribution is -2.40. The third-order valence-electron chi connectivity index (χ3n) is 5.55. The van der Waals surface area contributed by atoms with Crippen molar-refractivity contribution in [3.05, 3.63) is 59.7 Å². The summed E-state index contributed by atoms with van der Waals surface area (Å²) in [5.41, 5.74) is 1.46. The molecule has 0 radical (unpaired) electrons. The number of morpholine rings is 1. The van der Waals surface area contributed by atoms with E-state index in [1.165, 1.54) is 24.6 Å². The number of sulfonamides is 1. The Hall–Kier alpha value is -2.95. The molecular weight excluding hydrogens is 460 g/mol. The monoisotopic (exact) mass is 490 g/mol. The number of nitrogens with zero attached hydrogens (tertiary/aromatic N) is 2. The van der Waals surface area contributed by atoms with Crippen LogP contribution < -0.4 is 4.74 Å². The molecule has 1 saturated heterocycles. The van der Waals surface area contributed by atoms with Gasteiger partial charge in [-0.15, -0.1) is 0 Å². The third-order valence-corrected chi connectivity index (χ3v) is 7.47. The second-order valence-electron chi connectivity index (χ2n) is 7.81. The minimum atomic E-state index is -3.81. The van der Waals surface area contributed by atoms with Gasteiger partial charge in [-0.2, -0.15) is 4.31 Å². The number of hydrogen-bond acceptors (Lipinski definition) is 7. The lowest BCUT2D eigenvalue weighted by molar-refractivity contribution is -0.141. The zero-order chi connectivity index (χ0) is 24.6. The zero-order valence-corrected chi connectivity index (χ0v) is 20.3. The Bertz CT molecular complexity index is 1080. The minimum Gasteiger partial charge on any atom is -0.495 e. The van der Waals surface area contributed by atoms with Gasteiger partial charge in [0.25, 0.3) is 0 Å². The van der Waals surface area contributed by atoms with E-state index in [-0.39, 0.29) is 49.0 Å². The molecule has 9 nitrogen and oxygen atoms in total. The fourth-order valence-electron chi connectivity index (χ4n) is 3.67. The summed E-state index contributed by atoms with van der Waals surface area (Å²) in [5.74, 6) is -0.420. The number of esters is 1. The molecule has 1 amide bonds.